The molecule has 0 spiro atoms. The third-order valence-electron chi connectivity index (χ3n) is 6.76. The van der Waals surface area contributed by atoms with Crippen LogP contribution in [0.25, 0.3) is 15.3 Å². The van der Waals surface area contributed by atoms with Crippen molar-refractivity contribution >= 4 is 27.5 Å². The second-order valence-corrected chi connectivity index (χ2v) is 11.3. The summed E-state index contributed by atoms with van der Waals surface area (Å²) in [5.41, 5.74) is 4.68. The van der Waals surface area contributed by atoms with Gasteiger partial charge in [-0.05, 0) is 74.3 Å². The van der Waals surface area contributed by atoms with Crippen LogP contribution >= 0.6 is 11.3 Å². The molecule has 152 valence electrons. The number of nitrogens with zero attached hydrogens (tertiary/aromatic N) is 3. The fourth-order valence-electron chi connectivity index (χ4n) is 5.97. The lowest BCUT2D eigenvalue weighted by Crippen LogP contribution is -2.37. The Kier molecular flexibility index (Phi) is 4.02. The second kappa shape index (κ2) is 6.18. The zero-order valence-corrected chi connectivity index (χ0v) is 18.8. The van der Waals surface area contributed by atoms with Gasteiger partial charge in [0.1, 0.15) is 0 Å². The van der Waals surface area contributed by atoms with Gasteiger partial charge in [0.15, 0.2) is 5.13 Å². The number of fused-ring (bicyclic) bond motifs is 3. The molecule has 0 N–H and O–H groups in total. The zero-order valence-electron chi connectivity index (χ0n) is 18.0. The lowest BCUT2D eigenvalue weighted by molar-refractivity contribution is 0.0708. The molecule has 2 bridgehead atoms. The largest absolute Gasteiger partial charge is 0.335 e. The summed E-state index contributed by atoms with van der Waals surface area (Å²) in [6.45, 7) is 12.1. The van der Waals surface area contributed by atoms with Crippen molar-refractivity contribution in [2.45, 2.75) is 59.9 Å². The molecule has 3 aromatic rings. The molecule has 1 aliphatic heterocycles. The Morgan fingerprint density at radius 3 is 2.55 bits per heavy atom. The molecule has 2 fully saturated rings. The van der Waals surface area contributed by atoms with E-state index in [0.29, 0.717) is 11.5 Å². The molecule has 0 radical (unpaired) electrons. The van der Waals surface area contributed by atoms with Crippen molar-refractivity contribution in [3.05, 3.63) is 47.3 Å². The molecule has 1 aromatic carbocycles. The third-order valence-corrected chi connectivity index (χ3v) is 7.77. The molecule has 4 nitrogen and oxygen atoms in total. The van der Waals surface area contributed by atoms with Gasteiger partial charge in [-0.1, -0.05) is 32.1 Å². The van der Waals surface area contributed by atoms with E-state index in [0.717, 1.165) is 40.3 Å². The van der Waals surface area contributed by atoms with Crippen molar-refractivity contribution in [1.82, 2.24) is 14.5 Å². The van der Waals surface area contributed by atoms with Crippen LogP contribution in [0, 0.1) is 24.7 Å². The SMILES string of the molecule is Cc1ccc(C)n1-c1nc2ccc(C(=O)N3C[C@]4(C)C[C@@H]3CC(C)(C)C4)cc2s1. The maximum Gasteiger partial charge on any atom is 0.254 e. The van der Waals surface area contributed by atoms with Crippen LogP contribution in [-0.2, 0) is 0 Å². The number of likely N-dealkylation sites (tertiary alicyclic amines) is 1. The van der Waals surface area contributed by atoms with Crippen LogP contribution in [0.4, 0.5) is 0 Å². The van der Waals surface area contributed by atoms with Gasteiger partial charge in [-0.3, -0.25) is 9.36 Å². The number of carbonyl (C=O) groups is 1. The topological polar surface area (TPSA) is 38.1 Å². The lowest BCUT2D eigenvalue weighted by Gasteiger charge is -2.39. The number of benzene rings is 1. The van der Waals surface area contributed by atoms with E-state index in [9.17, 15) is 4.79 Å². The van der Waals surface area contributed by atoms with E-state index < -0.39 is 0 Å². The molecule has 3 heterocycles. The Bertz CT molecular complexity index is 1110. The first-order chi connectivity index (χ1) is 13.6. The molecule has 0 unspecified atom stereocenters. The summed E-state index contributed by atoms with van der Waals surface area (Å²) in [7, 11) is 0. The predicted molar refractivity (Wildman–Crippen MR) is 119 cm³/mol. The van der Waals surface area contributed by atoms with Crippen molar-refractivity contribution in [3.63, 3.8) is 0 Å². The average molecular weight is 408 g/mol. The number of aryl methyl sites for hydroxylation is 2. The summed E-state index contributed by atoms with van der Waals surface area (Å²) in [5, 5.41) is 0.968. The van der Waals surface area contributed by atoms with Crippen LogP contribution in [0.5, 0.6) is 0 Å². The quantitative estimate of drug-likeness (QED) is 0.543. The lowest BCUT2D eigenvalue weighted by atomic mass is 9.65. The fraction of sp³-hybridized carbons (Fsp3) is 0.500. The van der Waals surface area contributed by atoms with Gasteiger partial charge in [0.2, 0.25) is 0 Å². The first-order valence-electron chi connectivity index (χ1n) is 10.5. The van der Waals surface area contributed by atoms with Gasteiger partial charge < -0.3 is 4.90 Å². The molecular formula is C24H29N3OS. The van der Waals surface area contributed by atoms with Crippen LogP contribution in [-0.4, -0.2) is 32.9 Å². The van der Waals surface area contributed by atoms with Gasteiger partial charge in [0, 0.05) is 29.5 Å². The Labute approximate surface area is 176 Å². The van der Waals surface area contributed by atoms with Crippen molar-refractivity contribution in [3.8, 4) is 5.13 Å². The smallest absolute Gasteiger partial charge is 0.254 e. The second-order valence-electron chi connectivity index (χ2n) is 10.3. The molecule has 1 saturated heterocycles. The Hall–Kier alpha value is -2.14. The van der Waals surface area contributed by atoms with Crippen molar-refractivity contribution < 1.29 is 4.79 Å². The van der Waals surface area contributed by atoms with E-state index in [1.54, 1.807) is 11.3 Å². The summed E-state index contributed by atoms with van der Waals surface area (Å²) >= 11 is 1.66. The summed E-state index contributed by atoms with van der Waals surface area (Å²) in [6.07, 6.45) is 3.45. The summed E-state index contributed by atoms with van der Waals surface area (Å²) < 4.78 is 3.26. The molecule has 5 heteroatoms. The third kappa shape index (κ3) is 3.10. The van der Waals surface area contributed by atoms with Crippen LogP contribution in [0.15, 0.2) is 30.3 Å². The predicted octanol–water partition coefficient (Wildman–Crippen LogP) is 5.74. The molecule has 2 atom stereocenters. The number of hydrogen-bond acceptors (Lipinski definition) is 3. The van der Waals surface area contributed by atoms with Gasteiger partial charge in [-0.15, -0.1) is 0 Å². The highest BCUT2D eigenvalue weighted by Crippen LogP contribution is 2.52. The molecule has 2 aliphatic rings. The summed E-state index contributed by atoms with van der Waals surface area (Å²) in [4.78, 5) is 20.4. The van der Waals surface area contributed by atoms with Gasteiger partial charge in [-0.2, -0.15) is 0 Å². The van der Waals surface area contributed by atoms with Gasteiger partial charge in [0.25, 0.3) is 5.91 Å². The monoisotopic (exact) mass is 407 g/mol. The van der Waals surface area contributed by atoms with Crippen molar-refractivity contribution in [2.24, 2.45) is 10.8 Å². The Morgan fingerprint density at radius 2 is 1.83 bits per heavy atom. The molecule has 1 aliphatic carbocycles. The minimum absolute atomic E-state index is 0.182. The van der Waals surface area contributed by atoms with Gasteiger partial charge >= 0.3 is 0 Å². The van der Waals surface area contributed by atoms with Crippen LogP contribution in [0.1, 0.15) is 61.8 Å². The first kappa shape index (κ1) is 18.9. The molecule has 29 heavy (non-hydrogen) atoms. The highest BCUT2D eigenvalue weighted by molar-refractivity contribution is 7.20. The van der Waals surface area contributed by atoms with Crippen LogP contribution in [0.2, 0.25) is 0 Å². The molecule has 1 amide bonds. The van der Waals surface area contributed by atoms with Gasteiger partial charge in [0.05, 0.1) is 10.2 Å². The van der Waals surface area contributed by atoms with Crippen molar-refractivity contribution in [2.75, 3.05) is 6.54 Å². The highest BCUT2D eigenvalue weighted by atomic mass is 32.1. The minimum Gasteiger partial charge on any atom is -0.335 e. The molecule has 5 rings (SSSR count). The zero-order chi connectivity index (χ0) is 20.6. The molecular weight excluding hydrogens is 378 g/mol. The Morgan fingerprint density at radius 1 is 1.10 bits per heavy atom. The van der Waals surface area contributed by atoms with E-state index in [4.69, 9.17) is 4.98 Å². The van der Waals surface area contributed by atoms with E-state index >= 15 is 0 Å². The maximum absolute atomic E-state index is 13.4. The van der Waals surface area contributed by atoms with Gasteiger partial charge in [-0.25, -0.2) is 4.98 Å². The number of aromatic nitrogens is 2. The number of amides is 1. The van der Waals surface area contributed by atoms with E-state index in [2.05, 4.69) is 56.2 Å². The van der Waals surface area contributed by atoms with E-state index in [1.165, 1.54) is 17.8 Å². The minimum atomic E-state index is 0.182. The maximum atomic E-state index is 13.4. The fourth-order valence-corrected chi connectivity index (χ4v) is 7.10. The van der Waals surface area contributed by atoms with Crippen molar-refractivity contribution in [1.29, 1.82) is 0 Å². The van der Waals surface area contributed by atoms with Crippen LogP contribution < -0.4 is 0 Å². The summed E-state index contributed by atoms with van der Waals surface area (Å²) in [6, 6.07) is 10.6. The normalized spacial score (nSPS) is 25.7. The Balaban J connectivity index is 1.47. The highest BCUT2D eigenvalue weighted by Gasteiger charge is 2.51. The number of carbonyl (C=O) groups excluding carboxylic acids is 1. The van der Waals surface area contributed by atoms with Crippen LogP contribution in [0.3, 0.4) is 0 Å². The number of rotatable bonds is 2. The average Bonchev–Trinajstić information content (AvgIpc) is 3.26. The standard InChI is InChI=1S/C24H29N3OS/c1-15-6-7-16(2)27(15)22-25-19-9-8-17(10-20(19)29-22)21(28)26-14-24(5)12-18(26)11-23(3,4)13-24/h6-10,18H,11-14H2,1-5H3/t18-,24+/m0/s1. The van der Waals surface area contributed by atoms with E-state index in [1.807, 2.05) is 18.2 Å². The summed E-state index contributed by atoms with van der Waals surface area (Å²) in [5.74, 6) is 0.182. The first-order valence-corrected chi connectivity index (χ1v) is 11.3. The molecule has 2 aromatic heterocycles. The molecule has 1 saturated carbocycles. The number of hydrogen-bond donors (Lipinski definition) is 0. The van der Waals surface area contributed by atoms with E-state index in [-0.39, 0.29) is 11.3 Å². The number of thiazole rings is 1.